The van der Waals surface area contributed by atoms with Crippen LogP contribution in [0.5, 0.6) is 0 Å². The average Bonchev–Trinajstić information content (AvgIpc) is 2.37. The highest BCUT2D eigenvalue weighted by Crippen LogP contribution is 2.17. The molecule has 0 spiro atoms. The van der Waals surface area contributed by atoms with Crippen LogP contribution in [0.3, 0.4) is 0 Å². The van der Waals surface area contributed by atoms with Crippen molar-refractivity contribution in [2.75, 3.05) is 5.43 Å². The third-order valence-corrected chi connectivity index (χ3v) is 3.21. The normalized spacial score (nSPS) is 12.6. The van der Waals surface area contributed by atoms with E-state index in [0.29, 0.717) is 17.3 Å². The summed E-state index contributed by atoms with van der Waals surface area (Å²) >= 11 is 0. The topological polar surface area (TPSA) is 80.0 Å². The first-order valence-corrected chi connectivity index (χ1v) is 6.64. The summed E-state index contributed by atoms with van der Waals surface area (Å²) in [7, 11) is 0. The van der Waals surface area contributed by atoms with Crippen molar-refractivity contribution in [1.29, 1.82) is 0 Å². The molecule has 1 aromatic heterocycles. The molecule has 1 amide bonds. The van der Waals surface area contributed by atoms with E-state index in [1.807, 2.05) is 26.8 Å². The van der Waals surface area contributed by atoms with Crippen molar-refractivity contribution < 1.29 is 4.79 Å². The lowest BCUT2D eigenvalue weighted by molar-refractivity contribution is 0.0930. The molecule has 0 saturated carbocycles. The molecule has 0 radical (unpaired) electrons. The predicted octanol–water partition coefficient (Wildman–Crippen LogP) is 2.26. The third-order valence-electron chi connectivity index (χ3n) is 3.21. The molecule has 1 aromatic rings. The van der Waals surface area contributed by atoms with Gasteiger partial charge in [-0.1, -0.05) is 27.7 Å². The Balaban J connectivity index is 2.99. The molecule has 1 heterocycles. The molecule has 1 atom stereocenters. The minimum atomic E-state index is -0.0954. The van der Waals surface area contributed by atoms with Crippen LogP contribution in [0.2, 0.25) is 0 Å². The van der Waals surface area contributed by atoms with Crippen LogP contribution in [-0.4, -0.2) is 16.9 Å². The molecule has 5 nitrogen and oxygen atoms in total. The van der Waals surface area contributed by atoms with Crippen LogP contribution in [0.1, 0.15) is 56.6 Å². The van der Waals surface area contributed by atoms with Crippen molar-refractivity contribution in [2.45, 2.75) is 46.6 Å². The fourth-order valence-electron chi connectivity index (χ4n) is 1.51. The van der Waals surface area contributed by atoms with Gasteiger partial charge in [-0.3, -0.25) is 4.79 Å². The van der Waals surface area contributed by atoms with E-state index in [1.165, 1.54) is 0 Å². The Labute approximate surface area is 115 Å². The van der Waals surface area contributed by atoms with Crippen molar-refractivity contribution in [3.8, 4) is 0 Å². The smallest absolute Gasteiger partial charge is 0.251 e. The number of nitrogens with zero attached hydrogens (tertiary/aromatic N) is 1. The highest BCUT2D eigenvalue weighted by atomic mass is 16.1. The Morgan fingerprint density at radius 1 is 1.21 bits per heavy atom. The van der Waals surface area contributed by atoms with E-state index in [9.17, 15) is 4.79 Å². The quantitative estimate of drug-likeness (QED) is 0.563. The van der Waals surface area contributed by atoms with E-state index in [2.05, 4.69) is 29.6 Å². The number of anilines is 1. The van der Waals surface area contributed by atoms with E-state index < -0.39 is 0 Å². The van der Waals surface area contributed by atoms with Crippen molar-refractivity contribution in [3.63, 3.8) is 0 Å². The van der Waals surface area contributed by atoms with Gasteiger partial charge in [0.25, 0.3) is 5.91 Å². The number of hydrazine groups is 1. The molecule has 0 aromatic carbocycles. The monoisotopic (exact) mass is 264 g/mol. The maximum atomic E-state index is 12.2. The Bertz CT molecular complexity index is 443. The standard InChI is InChI=1S/C14H24N4O/c1-8(2)10(5)16-14(19)11-6-12(9(3)4)17-13(7-11)18-15/h6-10H,15H2,1-5H3,(H,16,19)(H,17,18). The highest BCUT2D eigenvalue weighted by molar-refractivity contribution is 5.95. The van der Waals surface area contributed by atoms with E-state index >= 15 is 0 Å². The zero-order valence-corrected chi connectivity index (χ0v) is 12.3. The van der Waals surface area contributed by atoms with Crippen LogP contribution in [0.25, 0.3) is 0 Å². The van der Waals surface area contributed by atoms with Crippen LogP contribution in [0.15, 0.2) is 12.1 Å². The van der Waals surface area contributed by atoms with Crippen LogP contribution >= 0.6 is 0 Å². The molecule has 106 valence electrons. The van der Waals surface area contributed by atoms with Gasteiger partial charge in [0.15, 0.2) is 0 Å². The van der Waals surface area contributed by atoms with Crippen LogP contribution in [0, 0.1) is 5.92 Å². The van der Waals surface area contributed by atoms with Gasteiger partial charge in [-0.05, 0) is 30.9 Å². The van der Waals surface area contributed by atoms with Gasteiger partial charge in [0.1, 0.15) is 5.82 Å². The highest BCUT2D eigenvalue weighted by Gasteiger charge is 2.15. The van der Waals surface area contributed by atoms with Gasteiger partial charge in [0.2, 0.25) is 0 Å². The van der Waals surface area contributed by atoms with Crippen molar-refractivity contribution >= 4 is 11.7 Å². The average molecular weight is 264 g/mol. The first-order chi connectivity index (χ1) is 8.85. The van der Waals surface area contributed by atoms with Crippen LogP contribution in [-0.2, 0) is 0 Å². The molecule has 0 bridgehead atoms. The predicted molar refractivity (Wildman–Crippen MR) is 77.9 cm³/mol. The fourth-order valence-corrected chi connectivity index (χ4v) is 1.51. The first kappa shape index (κ1) is 15.4. The van der Waals surface area contributed by atoms with Gasteiger partial charge in [-0.25, -0.2) is 10.8 Å². The lowest BCUT2D eigenvalue weighted by Crippen LogP contribution is -2.36. The largest absolute Gasteiger partial charge is 0.349 e. The molecule has 0 aliphatic heterocycles. The van der Waals surface area contributed by atoms with Gasteiger partial charge in [0, 0.05) is 17.3 Å². The number of rotatable bonds is 5. The molecule has 4 N–H and O–H groups in total. The second-order valence-electron chi connectivity index (χ2n) is 5.47. The Morgan fingerprint density at radius 2 is 1.84 bits per heavy atom. The molecular weight excluding hydrogens is 240 g/mol. The zero-order chi connectivity index (χ0) is 14.6. The van der Waals surface area contributed by atoms with Crippen molar-refractivity contribution in [1.82, 2.24) is 10.3 Å². The number of amides is 1. The molecule has 0 aliphatic rings. The summed E-state index contributed by atoms with van der Waals surface area (Å²) < 4.78 is 0. The number of pyridine rings is 1. The van der Waals surface area contributed by atoms with Crippen LogP contribution in [0.4, 0.5) is 5.82 Å². The first-order valence-electron chi connectivity index (χ1n) is 6.64. The van der Waals surface area contributed by atoms with Crippen molar-refractivity contribution in [2.24, 2.45) is 11.8 Å². The maximum absolute atomic E-state index is 12.2. The molecule has 5 heteroatoms. The number of nitrogens with one attached hydrogen (secondary N) is 2. The summed E-state index contributed by atoms with van der Waals surface area (Å²) in [5.74, 6) is 6.44. The number of nitrogen functional groups attached to an aromatic ring is 1. The molecular formula is C14H24N4O. The van der Waals surface area contributed by atoms with Crippen molar-refractivity contribution in [3.05, 3.63) is 23.4 Å². The van der Waals surface area contributed by atoms with Gasteiger partial charge in [-0.15, -0.1) is 0 Å². The lowest BCUT2D eigenvalue weighted by Gasteiger charge is -2.18. The van der Waals surface area contributed by atoms with Gasteiger partial charge >= 0.3 is 0 Å². The van der Waals surface area contributed by atoms with E-state index in [1.54, 1.807) is 6.07 Å². The second-order valence-corrected chi connectivity index (χ2v) is 5.47. The SMILES string of the molecule is CC(C)c1cc(C(=O)NC(C)C(C)C)cc(NN)n1. The van der Waals surface area contributed by atoms with E-state index in [0.717, 1.165) is 5.69 Å². The van der Waals surface area contributed by atoms with Gasteiger partial charge in [-0.2, -0.15) is 0 Å². The van der Waals surface area contributed by atoms with Gasteiger partial charge < -0.3 is 10.7 Å². The molecule has 19 heavy (non-hydrogen) atoms. The summed E-state index contributed by atoms with van der Waals surface area (Å²) in [6, 6.07) is 3.60. The number of nitrogens with two attached hydrogens (primary N) is 1. The van der Waals surface area contributed by atoms with E-state index in [4.69, 9.17) is 5.84 Å². The summed E-state index contributed by atoms with van der Waals surface area (Å²) in [5, 5.41) is 2.98. The van der Waals surface area contributed by atoms with Crippen LogP contribution < -0.4 is 16.6 Å². The number of aromatic nitrogens is 1. The number of hydrogen-bond donors (Lipinski definition) is 3. The minimum absolute atomic E-state index is 0.0954. The third kappa shape index (κ3) is 4.21. The Hall–Kier alpha value is -1.62. The summed E-state index contributed by atoms with van der Waals surface area (Å²) in [5.41, 5.74) is 3.93. The van der Waals surface area contributed by atoms with E-state index in [-0.39, 0.29) is 17.9 Å². The molecule has 1 unspecified atom stereocenters. The number of carbonyl (C=O) groups is 1. The molecule has 1 rings (SSSR count). The summed E-state index contributed by atoms with van der Waals surface area (Å²) in [6.07, 6.45) is 0. The number of carbonyl (C=O) groups excluding carboxylic acids is 1. The number of hydrogen-bond acceptors (Lipinski definition) is 4. The Kier molecular flexibility index (Phi) is 5.30. The summed E-state index contributed by atoms with van der Waals surface area (Å²) in [6.45, 7) is 10.2. The fraction of sp³-hybridized carbons (Fsp3) is 0.571. The maximum Gasteiger partial charge on any atom is 0.251 e. The molecule has 0 saturated heterocycles. The molecule has 0 aliphatic carbocycles. The minimum Gasteiger partial charge on any atom is -0.349 e. The lowest BCUT2D eigenvalue weighted by atomic mass is 10.0. The Morgan fingerprint density at radius 3 is 2.32 bits per heavy atom. The molecule has 0 fully saturated rings. The van der Waals surface area contributed by atoms with Gasteiger partial charge in [0.05, 0.1) is 0 Å². The second kappa shape index (κ2) is 6.52. The summed E-state index contributed by atoms with van der Waals surface area (Å²) in [4.78, 5) is 16.5. The zero-order valence-electron chi connectivity index (χ0n) is 12.3.